The van der Waals surface area contributed by atoms with E-state index < -0.39 is 6.04 Å². The second-order valence-corrected chi connectivity index (χ2v) is 10.2. The average molecular weight is 559 g/mol. The van der Waals surface area contributed by atoms with Gasteiger partial charge in [0.25, 0.3) is 5.91 Å². The largest absolute Gasteiger partial charge is 0.503 e. The van der Waals surface area contributed by atoms with Gasteiger partial charge in [-0.2, -0.15) is 4.98 Å². The summed E-state index contributed by atoms with van der Waals surface area (Å²) in [5.74, 6) is 1.45. The Balaban J connectivity index is 1.85. The summed E-state index contributed by atoms with van der Waals surface area (Å²) in [5.41, 5.74) is 4.75. The van der Waals surface area contributed by atoms with Crippen LogP contribution in [0.25, 0.3) is 0 Å². The summed E-state index contributed by atoms with van der Waals surface area (Å²) in [4.78, 5) is 18.4. The van der Waals surface area contributed by atoms with Crippen LogP contribution in [0.15, 0.2) is 51.2 Å². The molecule has 0 radical (unpaired) electrons. The van der Waals surface area contributed by atoms with E-state index in [9.17, 15) is 9.90 Å². The van der Waals surface area contributed by atoms with E-state index in [4.69, 9.17) is 9.84 Å². The van der Waals surface area contributed by atoms with Gasteiger partial charge >= 0.3 is 0 Å². The highest BCUT2D eigenvalue weighted by Crippen LogP contribution is 2.42. The monoisotopic (exact) mass is 557 g/mol. The van der Waals surface area contributed by atoms with E-state index in [-0.39, 0.29) is 11.7 Å². The summed E-state index contributed by atoms with van der Waals surface area (Å²) in [7, 11) is 0. The fraction of sp³-hybridized carbons (Fsp3) is 0.320. The van der Waals surface area contributed by atoms with Gasteiger partial charge in [-0.25, -0.2) is 4.68 Å². The number of halogens is 1. The Morgan fingerprint density at radius 1 is 1.29 bits per heavy atom. The van der Waals surface area contributed by atoms with Gasteiger partial charge in [-0.3, -0.25) is 4.79 Å². The number of nitrogens with one attached hydrogen (secondary N) is 2. The molecule has 1 aliphatic heterocycles. The number of rotatable bonds is 7. The summed E-state index contributed by atoms with van der Waals surface area (Å²) in [5, 5.41) is 22.1. The van der Waals surface area contributed by atoms with E-state index in [1.54, 1.807) is 16.8 Å². The van der Waals surface area contributed by atoms with E-state index in [0.29, 0.717) is 39.2 Å². The van der Waals surface area contributed by atoms with Crippen LogP contribution in [0.4, 0.5) is 11.6 Å². The highest BCUT2D eigenvalue weighted by Gasteiger charge is 2.35. The first kappa shape index (κ1) is 25.1. The highest BCUT2D eigenvalue weighted by molar-refractivity contribution is 9.10. The van der Waals surface area contributed by atoms with Gasteiger partial charge in [0.2, 0.25) is 11.1 Å². The molecule has 35 heavy (non-hydrogen) atoms. The first-order valence-corrected chi connectivity index (χ1v) is 13.1. The SMILES string of the molecule is CCOc1cc(C2C(C(=O)Nc3cccc(C)c3C)=C(C)Nc3nc(SCC)nn32)cc(Br)c1O. The van der Waals surface area contributed by atoms with Crippen LogP contribution in [0.5, 0.6) is 11.5 Å². The third-order valence-corrected chi connectivity index (χ3v) is 7.19. The number of aromatic hydroxyl groups is 1. The molecule has 2 aromatic carbocycles. The number of phenolic OH excluding ortho intramolecular Hbond substituents is 1. The van der Waals surface area contributed by atoms with Crippen molar-refractivity contribution in [2.75, 3.05) is 23.0 Å². The van der Waals surface area contributed by atoms with Crippen molar-refractivity contribution in [2.24, 2.45) is 0 Å². The number of carbonyl (C=O) groups is 1. The van der Waals surface area contributed by atoms with Crippen LogP contribution in [0, 0.1) is 13.8 Å². The minimum atomic E-state index is -0.592. The molecule has 0 saturated carbocycles. The van der Waals surface area contributed by atoms with Gasteiger partial charge in [-0.05, 0) is 84.3 Å². The molecular weight excluding hydrogens is 530 g/mol. The third-order valence-electron chi connectivity index (χ3n) is 5.87. The highest BCUT2D eigenvalue weighted by atomic mass is 79.9. The zero-order valence-electron chi connectivity index (χ0n) is 20.3. The van der Waals surface area contributed by atoms with E-state index in [1.807, 2.05) is 52.8 Å². The van der Waals surface area contributed by atoms with Gasteiger partial charge in [0.05, 0.1) is 16.7 Å². The minimum Gasteiger partial charge on any atom is -0.503 e. The van der Waals surface area contributed by atoms with Crippen molar-refractivity contribution in [3.05, 3.63) is 62.8 Å². The summed E-state index contributed by atoms with van der Waals surface area (Å²) < 4.78 is 7.85. The quantitative estimate of drug-likeness (QED) is 0.315. The van der Waals surface area contributed by atoms with Crippen molar-refractivity contribution in [3.8, 4) is 11.5 Å². The van der Waals surface area contributed by atoms with E-state index in [1.165, 1.54) is 11.8 Å². The predicted molar refractivity (Wildman–Crippen MR) is 142 cm³/mol. The van der Waals surface area contributed by atoms with Crippen LogP contribution in [0.3, 0.4) is 0 Å². The van der Waals surface area contributed by atoms with Gasteiger partial charge in [0.15, 0.2) is 11.5 Å². The Bertz CT molecular complexity index is 1320. The second kappa shape index (κ2) is 10.3. The summed E-state index contributed by atoms with van der Waals surface area (Å²) >= 11 is 4.96. The molecule has 8 nitrogen and oxygen atoms in total. The van der Waals surface area contributed by atoms with Crippen LogP contribution in [-0.2, 0) is 4.79 Å². The maximum absolute atomic E-state index is 13.8. The molecule has 10 heteroatoms. The van der Waals surface area contributed by atoms with E-state index in [0.717, 1.165) is 28.1 Å². The topological polar surface area (TPSA) is 101 Å². The molecule has 3 aromatic rings. The maximum atomic E-state index is 13.8. The van der Waals surface area contributed by atoms with Gasteiger partial charge in [0.1, 0.15) is 6.04 Å². The molecule has 0 saturated heterocycles. The van der Waals surface area contributed by atoms with Crippen molar-refractivity contribution in [1.29, 1.82) is 0 Å². The fourth-order valence-corrected chi connectivity index (χ4v) is 5.03. The number of aryl methyl sites for hydroxylation is 1. The van der Waals surface area contributed by atoms with Gasteiger partial charge in [-0.1, -0.05) is 30.8 Å². The normalized spacial score (nSPS) is 15.0. The number of hydrogen-bond donors (Lipinski definition) is 3. The first-order valence-electron chi connectivity index (χ1n) is 11.3. The molecule has 1 aromatic heterocycles. The van der Waals surface area contributed by atoms with Crippen LogP contribution in [0.2, 0.25) is 0 Å². The van der Waals surface area contributed by atoms with Crippen LogP contribution in [0.1, 0.15) is 43.5 Å². The van der Waals surface area contributed by atoms with Crippen LogP contribution in [-0.4, -0.2) is 38.1 Å². The molecule has 4 rings (SSSR count). The average Bonchev–Trinajstić information content (AvgIpc) is 3.21. The predicted octanol–water partition coefficient (Wildman–Crippen LogP) is 5.80. The molecule has 1 amide bonds. The number of phenols is 1. The molecule has 0 fully saturated rings. The third kappa shape index (κ3) is 4.90. The summed E-state index contributed by atoms with van der Waals surface area (Å²) in [6.07, 6.45) is 0. The van der Waals surface area contributed by atoms with Crippen molar-refractivity contribution >= 4 is 45.2 Å². The summed E-state index contributed by atoms with van der Waals surface area (Å²) in [6.45, 7) is 10.1. The Hall–Kier alpha value is -2.98. The van der Waals surface area contributed by atoms with Gasteiger partial charge in [-0.15, -0.1) is 5.10 Å². The number of hydrogen-bond acceptors (Lipinski definition) is 7. The lowest BCUT2D eigenvalue weighted by Gasteiger charge is -2.29. The van der Waals surface area contributed by atoms with Crippen LogP contribution >= 0.6 is 27.7 Å². The smallest absolute Gasteiger partial charge is 0.255 e. The molecule has 0 spiro atoms. The Morgan fingerprint density at radius 2 is 2.06 bits per heavy atom. The lowest BCUT2D eigenvalue weighted by molar-refractivity contribution is -0.113. The Morgan fingerprint density at radius 3 is 2.77 bits per heavy atom. The van der Waals surface area contributed by atoms with Crippen LogP contribution < -0.4 is 15.4 Å². The Labute approximate surface area is 217 Å². The minimum absolute atomic E-state index is 0.00710. The number of ether oxygens (including phenoxy) is 1. The molecule has 0 aliphatic carbocycles. The molecule has 1 unspecified atom stereocenters. The molecule has 0 bridgehead atoms. The second-order valence-electron chi connectivity index (χ2n) is 8.15. The number of anilines is 2. The number of nitrogens with zero attached hydrogens (tertiary/aromatic N) is 3. The van der Waals surface area contributed by atoms with Gasteiger partial charge < -0.3 is 20.5 Å². The van der Waals surface area contributed by atoms with Gasteiger partial charge in [0, 0.05) is 11.4 Å². The lowest BCUT2D eigenvalue weighted by atomic mass is 9.94. The number of aromatic nitrogens is 3. The number of fused-ring (bicyclic) bond motifs is 1. The molecule has 2 heterocycles. The van der Waals surface area contributed by atoms with E-state index in [2.05, 4.69) is 31.5 Å². The van der Waals surface area contributed by atoms with Crippen molar-refractivity contribution in [3.63, 3.8) is 0 Å². The number of allylic oxidation sites excluding steroid dienone is 1. The number of benzene rings is 2. The number of amides is 1. The summed E-state index contributed by atoms with van der Waals surface area (Å²) in [6, 6.07) is 8.76. The Kier molecular flexibility index (Phi) is 7.42. The molecular formula is C25H28BrN5O3S. The fourth-order valence-electron chi connectivity index (χ4n) is 4.02. The molecule has 1 aliphatic rings. The lowest BCUT2D eigenvalue weighted by Crippen LogP contribution is -2.31. The molecule has 1 atom stereocenters. The standard InChI is InChI=1S/C25H28BrN5O3S/c1-6-34-19-12-16(11-17(26)22(19)32)21-20(23(33)28-18-10-8-9-13(3)14(18)4)15(5)27-24-29-25(35-7-2)30-31(21)24/h8-12,21,32H,6-7H2,1-5H3,(H,28,33)(H,27,29,30). The van der Waals surface area contributed by atoms with Crippen molar-refractivity contribution in [1.82, 2.24) is 14.8 Å². The van der Waals surface area contributed by atoms with E-state index >= 15 is 0 Å². The zero-order valence-corrected chi connectivity index (χ0v) is 22.7. The van der Waals surface area contributed by atoms with Crippen molar-refractivity contribution < 1.29 is 14.6 Å². The first-order chi connectivity index (χ1) is 16.7. The number of thioether (sulfide) groups is 1. The molecule has 3 N–H and O–H groups in total. The zero-order chi connectivity index (χ0) is 25.3. The maximum Gasteiger partial charge on any atom is 0.255 e. The van der Waals surface area contributed by atoms with Crippen molar-refractivity contribution in [2.45, 2.75) is 45.8 Å². The molecule has 184 valence electrons. The number of carbonyl (C=O) groups excluding carboxylic acids is 1.